The number of hydrogen-bond donors (Lipinski definition) is 3. The molecule has 0 radical (unpaired) electrons. The molecule has 0 aliphatic carbocycles. The lowest BCUT2D eigenvalue weighted by molar-refractivity contribution is 0.0954. The van der Waals surface area contributed by atoms with Crippen molar-refractivity contribution in [2.75, 3.05) is 18.4 Å². The van der Waals surface area contributed by atoms with E-state index in [-0.39, 0.29) is 11.9 Å². The van der Waals surface area contributed by atoms with Gasteiger partial charge in [-0.2, -0.15) is 0 Å². The first kappa shape index (κ1) is 16.5. The van der Waals surface area contributed by atoms with Gasteiger partial charge in [-0.05, 0) is 36.2 Å². The summed E-state index contributed by atoms with van der Waals surface area (Å²) in [4.78, 5) is 23.5. The van der Waals surface area contributed by atoms with Crippen molar-refractivity contribution in [1.82, 2.24) is 10.6 Å². The van der Waals surface area contributed by atoms with E-state index in [1.54, 1.807) is 12.1 Å². The summed E-state index contributed by atoms with van der Waals surface area (Å²) in [6, 6.07) is 16.4. The van der Waals surface area contributed by atoms with Crippen LogP contribution in [0.2, 0.25) is 0 Å². The highest BCUT2D eigenvalue weighted by atomic mass is 16.2. The molecule has 2 aromatic rings. The van der Waals surface area contributed by atoms with E-state index in [0.29, 0.717) is 18.7 Å². The Morgan fingerprint density at radius 2 is 1.52 bits per heavy atom. The number of carbonyl (C=O) groups is 2. The largest absolute Gasteiger partial charge is 0.350 e. The topological polar surface area (TPSA) is 70.2 Å². The van der Waals surface area contributed by atoms with Crippen LogP contribution in [0.4, 0.5) is 10.5 Å². The molecule has 5 heteroatoms. The lowest BCUT2D eigenvalue weighted by atomic mass is 10.1. The Labute approximate surface area is 136 Å². The van der Waals surface area contributed by atoms with Gasteiger partial charge in [0.1, 0.15) is 0 Å². The van der Waals surface area contributed by atoms with E-state index in [9.17, 15) is 9.59 Å². The summed E-state index contributed by atoms with van der Waals surface area (Å²) in [6.45, 7) is 2.81. The van der Waals surface area contributed by atoms with Gasteiger partial charge in [0.2, 0.25) is 0 Å². The molecule has 120 valence electrons. The van der Waals surface area contributed by atoms with Gasteiger partial charge in [-0.15, -0.1) is 0 Å². The molecule has 0 saturated carbocycles. The molecule has 23 heavy (non-hydrogen) atoms. The second kappa shape index (κ2) is 8.58. The van der Waals surface area contributed by atoms with Crippen LogP contribution in [0.15, 0.2) is 54.6 Å². The molecule has 0 heterocycles. The average Bonchev–Trinajstić information content (AvgIpc) is 2.60. The maximum atomic E-state index is 11.8. The minimum atomic E-state index is -0.289. The van der Waals surface area contributed by atoms with E-state index >= 15 is 0 Å². The van der Waals surface area contributed by atoms with Crippen LogP contribution in [0.1, 0.15) is 22.8 Å². The molecule has 0 atom stereocenters. The lowest BCUT2D eigenvalue weighted by Crippen LogP contribution is -2.36. The van der Waals surface area contributed by atoms with Crippen LogP contribution in [-0.2, 0) is 6.42 Å². The number of nitrogens with one attached hydrogen (secondary N) is 3. The number of anilines is 1. The molecule has 3 amide bonds. The average molecular weight is 311 g/mol. The van der Waals surface area contributed by atoms with Crippen molar-refractivity contribution in [3.63, 3.8) is 0 Å². The van der Waals surface area contributed by atoms with Gasteiger partial charge in [-0.25, -0.2) is 4.79 Å². The van der Waals surface area contributed by atoms with Crippen LogP contribution in [0.3, 0.4) is 0 Å². The smallest absolute Gasteiger partial charge is 0.319 e. The summed E-state index contributed by atoms with van der Waals surface area (Å²) >= 11 is 0. The van der Waals surface area contributed by atoms with Gasteiger partial charge in [-0.3, -0.25) is 4.79 Å². The molecule has 5 nitrogen and oxygen atoms in total. The third-order valence-electron chi connectivity index (χ3n) is 3.35. The van der Waals surface area contributed by atoms with E-state index in [0.717, 1.165) is 12.1 Å². The van der Waals surface area contributed by atoms with E-state index in [1.807, 2.05) is 42.5 Å². The first-order chi connectivity index (χ1) is 11.2. The Morgan fingerprint density at radius 1 is 0.870 bits per heavy atom. The predicted molar refractivity (Wildman–Crippen MR) is 91.6 cm³/mol. The molecule has 0 aliphatic heterocycles. The van der Waals surface area contributed by atoms with Gasteiger partial charge < -0.3 is 16.0 Å². The molecule has 0 bridgehead atoms. The van der Waals surface area contributed by atoms with Crippen LogP contribution in [-0.4, -0.2) is 25.0 Å². The zero-order chi connectivity index (χ0) is 16.5. The van der Waals surface area contributed by atoms with Crippen molar-refractivity contribution < 1.29 is 9.59 Å². The fraction of sp³-hybridized carbons (Fsp3) is 0.222. The second-order valence-corrected chi connectivity index (χ2v) is 5.05. The molecule has 0 unspecified atom stereocenters. The number of hydrogen-bond acceptors (Lipinski definition) is 2. The molecule has 0 spiro atoms. The number of amides is 3. The third kappa shape index (κ3) is 5.47. The van der Waals surface area contributed by atoms with Crippen molar-refractivity contribution in [2.24, 2.45) is 0 Å². The Bertz CT molecular complexity index is 639. The van der Waals surface area contributed by atoms with Crippen LogP contribution in [0.25, 0.3) is 0 Å². The lowest BCUT2D eigenvalue weighted by Gasteiger charge is -2.09. The van der Waals surface area contributed by atoms with Gasteiger partial charge >= 0.3 is 6.03 Å². The number of rotatable bonds is 6. The van der Waals surface area contributed by atoms with Crippen molar-refractivity contribution in [3.05, 3.63) is 65.7 Å². The molecular formula is C18H21N3O2. The number of aryl methyl sites for hydroxylation is 1. The fourth-order valence-corrected chi connectivity index (χ4v) is 2.04. The number of carbonyl (C=O) groups excluding carboxylic acids is 2. The van der Waals surface area contributed by atoms with Gasteiger partial charge in [-0.1, -0.05) is 37.3 Å². The molecular weight excluding hydrogens is 290 g/mol. The summed E-state index contributed by atoms with van der Waals surface area (Å²) in [5.41, 5.74) is 2.57. The Kier molecular flexibility index (Phi) is 6.17. The third-order valence-corrected chi connectivity index (χ3v) is 3.35. The Morgan fingerprint density at radius 3 is 2.17 bits per heavy atom. The quantitative estimate of drug-likeness (QED) is 0.718. The molecule has 0 aromatic heterocycles. The van der Waals surface area contributed by atoms with Crippen LogP contribution in [0.5, 0.6) is 0 Å². The van der Waals surface area contributed by atoms with Crippen LogP contribution < -0.4 is 16.0 Å². The zero-order valence-corrected chi connectivity index (χ0v) is 13.1. The van der Waals surface area contributed by atoms with Crippen LogP contribution in [0, 0.1) is 0 Å². The summed E-state index contributed by atoms with van der Waals surface area (Å²) in [5.74, 6) is -0.150. The summed E-state index contributed by atoms with van der Waals surface area (Å²) in [5, 5.41) is 8.20. The monoisotopic (exact) mass is 311 g/mol. The molecule has 3 N–H and O–H groups in total. The SMILES string of the molecule is CCc1ccc(NC(=O)NCCNC(=O)c2ccccc2)cc1. The number of benzene rings is 2. The maximum Gasteiger partial charge on any atom is 0.319 e. The highest BCUT2D eigenvalue weighted by Crippen LogP contribution is 2.09. The molecule has 0 aliphatic rings. The molecule has 0 fully saturated rings. The first-order valence-electron chi connectivity index (χ1n) is 7.66. The zero-order valence-electron chi connectivity index (χ0n) is 13.1. The van der Waals surface area contributed by atoms with Crippen molar-refractivity contribution >= 4 is 17.6 Å². The highest BCUT2D eigenvalue weighted by Gasteiger charge is 2.04. The van der Waals surface area contributed by atoms with E-state index in [1.165, 1.54) is 5.56 Å². The summed E-state index contributed by atoms with van der Waals surface area (Å²) in [7, 11) is 0. The van der Waals surface area contributed by atoms with Crippen molar-refractivity contribution in [3.8, 4) is 0 Å². The normalized spacial score (nSPS) is 9.96. The van der Waals surface area contributed by atoms with Gasteiger partial charge in [0.25, 0.3) is 5.91 Å². The maximum absolute atomic E-state index is 11.8. The number of urea groups is 1. The van der Waals surface area contributed by atoms with Crippen molar-refractivity contribution in [2.45, 2.75) is 13.3 Å². The standard InChI is InChI=1S/C18H21N3O2/c1-2-14-8-10-16(11-9-14)21-18(23)20-13-12-19-17(22)15-6-4-3-5-7-15/h3-11H,2,12-13H2,1H3,(H,19,22)(H2,20,21,23). The highest BCUT2D eigenvalue weighted by molar-refractivity contribution is 5.94. The molecule has 0 saturated heterocycles. The van der Waals surface area contributed by atoms with E-state index < -0.39 is 0 Å². The predicted octanol–water partition coefficient (Wildman–Crippen LogP) is 2.80. The van der Waals surface area contributed by atoms with Crippen molar-refractivity contribution in [1.29, 1.82) is 0 Å². The van der Waals surface area contributed by atoms with Crippen LogP contribution >= 0.6 is 0 Å². The first-order valence-corrected chi connectivity index (χ1v) is 7.66. The summed E-state index contributed by atoms with van der Waals surface area (Å²) < 4.78 is 0. The van der Waals surface area contributed by atoms with Gasteiger partial charge in [0.15, 0.2) is 0 Å². The van der Waals surface area contributed by atoms with E-state index in [2.05, 4.69) is 22.9 Å². The minimum Gasteiger partial charge on any atom is -0.350 e. The summed E-state index contributed by atoms with van der Waals surface area (Å²) in [6.07, 6.45) is 0.966. The van der Waals surface area contributed by atoms with E-state index in [4.69, 9.17) is 0 Å². The fourth-order valence-electron chi connectivity index (χ4n) is 2.04. The minimum absolute atomic E-state index is 0.150. The molecule has 2 aromatic carbocycles. The Hall–Kier alpha value is -2.82. The molecule has 2 rings (SSSR count). The van der Waals surface area contributed by atoms with Gasteiger partial charge in [0.05, 0.1) is 0 Å². The Balaban J connectivity index is 1.67. The second-order valence-electron chi connectivity index (χ2n) is 5.05. The van der Waals surface area contributed by atoms with Gasteiger partial charge in [0, 0.05) is 24.3 Å².